The van der Waals surface area contributed by atoms with Crippen LogP contribution in [0.4, 0.5) is 9.59 Å². The van der Waals surface area contributed by atoms with Gasteiger partial charge in [0.25, 0.3) is 5.91 Å². The predicted molar refractivity (Wildman–Crippen MR) is 36.1 cm³/mol. The molecule has 0 aliphatic carbocycles. The van der Waals surface area contributed by atoms with Crippen LogP contribution in [0.5, 0.6) is 0 Å². The molecule has 1 aliphatic heterocycles. The summed E-state index contributed by atoms with van der Waals surface area (Å²) < 4.78 is 0. The SMILES string of the molecule is CN1C(=O)N(C(=O)CCl)C1=O. The maximum atomic E-state index is 10.7. The van der Waals surface area contributed by atoms with E-state index in [-0.39, 0.29) is 5.88 Å². The summed E-state index contributed by atoms with van der Waals surface area (Å²) in [4.78, 5) is 33.5. The lowest BCUT2D eigenvalue weighted by Crippen LogP contribution is -2.64. The Labute approximate surface area is 67.5 Å². The Bertz CT molecular complexity index is 213. The van der Waals surface area contributed by atoms with Crippen LogP contribution in [0.15, 0.2) is 0 Å². The number of carbonyl (C=O) groups is 3. The fourth-order valence-electron chi connectivity index (χ4n) is 0.692. The molecule has 0 radical (unpaired) electrons. The first kappa shape index (κ1) is 8.00. The molecule has 1 heterocycles. The fraction of sp³-hybridized carbons (Fsp3) is 0.400. The van der Waals surface area contributed by atoms with Crippen molar-refractivity contribution in [1.82, 2.24) is 9.80 Å². The Morgan fingerprint density at radius 1 is 1.45 bits per heavy atom. The molecule has 0 aromatic rings. The van der Waals surface area contributed by atoms with Crippen LogP contribution in [0, 0.1) is 0 Å². The van der Waals surface area contributed by atoms with E-state index in [0.717, 1.165) is 4.90 Å². The van der Waals surface area contributed by atoms with Gasteiger partial charge in [0, 0.05) is 7.05 Å². The molecule has 1 aliphatic rings. The second kappa shape index (κ2) is 2.50. The molecule has 0 spiro atoms. The van der Waals surface area contributed by atoms with Crippen molar-refractivity contribution in [2.45, 2.75) is 0 Å². The van der Waals surface area contributed by atoms with Gasteiger partial charge in [-0.25, -0.2) is 14.5 Å². The summed E-state index contributed by atoms with van der Waals surface area (Å²) in [5.41, 5.74) is 0. The summed E-state index contributed by atoms with van der Waals surface area (Å²) in [5, 5.41) is 0. The highest BCUT2D eigenvalue weighted by Crippen LogP contribution is 2.13. The third kappa shape index (κ3) is 0.970. The Morgan fingerprint density at radius 2 is 1.91 bits per heavy atom. The molecule has 0 saturated carbocycles. The van der Waals surface area contributed by atoms with Crippen molar-refractivity contribution >= 4 is 29.6 Å². The van der Waals surface area contributed by atoms with Gasteiger partial charge in [-0.3, -0.25) is 4.79 Å². The quantitative estimate of drug-likeness (QED) is 0.538. The first-order valence-electron chi connectivity index (χ1n) is 2.80. The third-order valence-corrected chi connectivity index (χ3v) is 1.55. The van der Waals surface area contributed by atoms with Gasteiger partial charge < -0.3 is 0 Å². The van der Waals surface area contributed by atoms with Gasteiger partial charge in [-0.2, -0.15) is 4.90 Å². The maximum Gasteiger partial charge on any atom is 0.343 e. The highest BCUT2D eigenvalue weighted by atomic mass is 35.5. The van der Waals surface area contributed by atoms with Crippen molar-refractivity contribution in [2.75, 3.05) is 12.9 Å². The van der Waals surface area contributed by atoms with Crippen LogP contribution in [0.25, 0.3) is 0 Å². The molecule has 5 nitrogen and oxygen atoms in total. The zero-order valence-electron chi connectivity index (χ0n) is 5.70. The minimum atomic E-state index is -0.681. The molecule has 60 valence electrons. The summed E-state index contributed by atoms with van der Waals surface area (Å²) >= 11 is 5.12. The zero-order chi connectivity index (χ0) is 8.59. The summed E-state index contributed by atoms with van der Waals surface area (Å²) in [6.45, 7) is 0. The monoisotopic (exact) mass is 176 g/mol. The number of carbonyl (C=O) groups excluding carboxylic acids is 3. The summed E-state index contributed by atoms with van der Waals surface area (Å²) in [6, 6.07) is -1.25. The molecule has 1 fully saturated rings. The number of hydrogen-bond donors (Lipinski definition) is 0. The van der Waals surface area contributed by atoms with Gasteiger partial charge in [-0.1, -0.05) is 0 Å². The molecule has 11 heavy (non-hydrogen) atoms. The van der Waals surface area contributed by atoms with Crippen LogP contribution in [-0.4, -0.2) is 40.7 Å². The van der Waals surface area contributed by atoms with E-state index in [4.69, 9.17) is 11.6 Å². The van der Waals surface area contributed by atoms with Gasteiger partial charge in [-0.15, -0.1) is 11.6 Å². The molecule has 0 atom stereocenters. The lowest BCUT2D eigenvalue weighted by Gasteiger charge is -2.33. The molecular formula is C5H5ClN2O3. The number of amides is 5. The Kier molecular flexibility index (Phi) is 1.82. The van der Waals surface area contributed by atoms with Gasteiger partial charge in [0.1, 0.15) is 5.88 Å². The van der Waals surface area contributed by atoms with Crippen LogP contribution >= 0.6 is 11.6 Å². The van der Waals surface area contributed by atoms with Gasteiger partial charge in [-0.05, 0) is 0 Å². The minimum Gasteiger partial charge on any atom is -0.272 e. The van der Waals surface area contributed by atoms with Crippen molar-refractivity contribution in [3.63, 3.8) is 0 Å². The van der Waals surface area contributed by atoms with Crippen LogP contribution in [0.2, 0.25) is 0 Å². The Balaban J connectivity index is 2.71. The van der Waals surface area contributed by atoms with Crippen LogP contribution in [0.1, 0.15) is 0 Å². The topological polar surface area (TPSA) is 57.7 Å². The molecule has 5 amide bonds. The number of imide groups is 4. The van der Waals surface area contributed by atoms with Crippen molar-refractivity contribution in [1.29, 1.82) is 0 Å². The Morgan fingerprint density at radius 3 is 2.27 bits per heavy atom. The number of nitrogens with zero attached hydrogens (tertiary/aromatic N) is 2. The predicted octanol–water partition coefficient (Wildman–Crippen LogP) is 0.239. The van der Waals surface area contributed by atoms with Gasteiger partial charge in [0.05, 0.1) is 0 Å². The summed E-state index contributed by atoms with van der Waals surface area (Å²) in [7, 11) is 1.29. The largest absolute Gasteiger partial charge is 0.343 e. The average molecular weight is 177 g/mol. The highest BCUT2D eigenvalue weighted by Gasteiger charge is 2.44. The van der Waals surface area contributed by atoms with Gasteiger partial charge in [0.2, 0.25) is 0 Å². The van der Waals surface area contributed by atoms with Crippen LogP contribution < -0.4 is 0 Å². The van der Waals surface area contributed by atoms with Crippen molar-refractivity contribution in [3.05, 3.63) is 0 Å². The highest BCUT2D eigenvalue weighted by molar-refractivity contribution is 6.33. The molecule has 0 aromatic carbocycles. The third-order valence-electron chi connectivity index (χ3n) is 1.32. The number of alkyl halides is 1. The van der Waals surface area contributed by atoms with Gasteiger partial charge >= 0.3 is 12.1 Å². The zero-order valence-corrected chi connectivity index (χ0v) is 6.46. The van der Waals surface area contributed by atoms with E-state index < -0.39 is 18.0 Å². The van der Waals surface area contributed by atoms with E-state index in [9.17, 15) is 14.4 Å². The van der Waals surface area contributed by atoms with E-state index >= 15 is 0 Å². The number of urea groups is 2. The first-order valence-corrected chi connectivity index (χ1v) is 3.33. The lowest BCUT2D eigenvalue weighted by molar-refractivity contribution is -0.125. The smallest absolute Gasteiger partial charge is 0.272 e. The van der Waals surface area contributed by atoms with E-state index in [1.807, 2.05) is 0 Å². The molecule has 1 rings (SSSR count). The van der Waals surface area contributed by atoms with Crippen molar-refractivity contribution in [3.8, 4) is 0 Å². The Hall–Kier alpha value is -1.10. The standard InChI is InChI=1S/C5H5ClN2O3/c1-7-4(10)8(5(7)11)3(9)2-6/h2H2,1H3. The number of hydrogen-bond acceptors (Lipinski definition) is 3. The van der Waals surface area contributed by atoms with Crippen molar-refractivity contribution in [2.24, 2.45) is 0 Å². The van der Waals surface area contributed by atoms with Gasteiger partial charge in [0.15, 0.2) is 0 Å². The molecule has 6 heteroatoms. The van der Waals surface area contributed by atoms with E-state index in [1.165, 1.54) is 7.05 Å². The van der Waals surface area contributed by atoms with Crippen LogP contribution in [-0.2, 0) is 4.79 Å². The molecule has 0 N–H and O–H groups in total. The second-order valence-corrected chi connectivity index (χ2v) is 2.25. The van der Waals surface area contributed by atoms with Crippen LogP contribution in [0.3, 0.4) is 0 Å². The molecule has 0 aromatic heterocycles. The number of rotatable bonds is 1. The van der Waals surface area contributed by atoms with E-state index in [2.05, 4.69) is 0 Å². The summed E-state index contributed by atoms with van der Waals surface area (Å²) in [6.07, 6.45) is 0. The second-order valence-electron chi connectivity index (χ2n) is 1.99. The molecular weight excluding hydrogens is 172 g/mol. The van der Waals surface area contributed by atoms with Crippen molar-refractivity contribution < 1.29 is 14.4 Å². The first-order chi connectivity index (χ1) is 5.09. The number of halogens is 1. The summed E-state index contributed by atoms with van der Waals surface area (Å²) in [5.74, 6) is -1.04. The van der Waals surface area contributed by atoms with E-state index in [0.29, 0.717) is 4.90 Å². The molecule has 0 bridgehead atoms. The normalized spacial score (nSPS) is 16.9. The molecule has 1 saturated heterocycles. The maximum absolute atomic E-state index is 10.7. The fourth-order valence-corrected chi connectivity index (χ4v) is 0.812. The average Bonchev–Trinajstić information content (AvgIpc) is 2.04. The molecule has 0 unspecified atom stereocenters. The van der Waals surface area contributed by atoms with E-state index in [1.54, 1.807) is 0 Å². The minimum absolute atomic E-state index is 0.356. The lowest BCUT2D eigenvalue weighted by atomic mass is 10.4.